The van der Waals surface area contributed by atoms with E-state index < -0.39 is 0 Å². The summed E-state index contributed by atoms with van der Waals surface area (Å²) in [6.07, 6.45) is 3.25. The zero-order valence-electron chi connectivity index (χ0n) is 13.2. The van der Waals surface area contributed by atoms with E-state index in [0.717, 1.165) is 12.0 Å². The molecule has 126 valence electrons. The molecule has 1 N–H and O–H groups in total. The van der Waals surface area contributed by atoms with Crippen molar-refractivity contribution in [2.75, 3.05) is 13.1 Å². The Kier molecular flexibility index (Phi) is 4.93. The second-order valence-corrected chi connectivity index (χ2v) is 5.87. The Bertz CT molecular complexity index is 715. The lowest BCUT2D eigenvalue weighted by Gasteiger charge is -2.28. The highest BCUT2D eigenvalue weighted by Gasteiger charge is 2.28. The van der Waals surface area contributed by atoms with E-state index in [2.05, 4.69) is 5.32 Å². The normalized spacial score (nSPS) is 15.5. The third-order valence-corrected chi connectivity index (χ3v) is 4.15. The second-order valence-electron chi connectivity index (χ2n) is 5.87. The van der Waals surface area contributed by atoms with Crippen LogP contribution in [0.25, 0.3) is 0 Å². The highest BCUT2D eigenvalue weighted by Crippen LogP contribution is 2.17. The number of furan rings is 1. The maximum atomic E-state index is 13.4. The van der Waals surface area contributed by atoms with E-state index in [-0.39, 0.29) is 29.4 Å². The summed E-state index contributed by atoms with van der Waals surface area (Å²) in [6.45, 7) is 0.956. The third kappa shape index (κ3) is 3.82. The lowest BCUT2D eigenvalue weighted by molar-refractivity contribution is -0.129. The summed E-state index contributed by atoms with van der Waals surface area (Å²) in [7, 11) is 0. The molecule has 1 saturated heterocycles. The summed E-state index contributed by atoms with van der Waals surface area (Å²) in [6, 6.07) is 9.34. The summed E-state index contributed by atoms with van der Waals surface area (Å²) < 4.78 is 18.5. The van der Waals surface area contributed by atoms with E-state index in [1.807, 2.05) is 6.07 Å². The number of amides is 2. The van der Waals surface area contributed by atoms with Gasteiger partial charge in [0.15, 0.2) is 5.76 Å². The van der Waals surface area contributed by atoms with Crippen molar-refractivity contribution >= 4 is 11.8 Å². The van der Waals surface area contributed by atoms with E-state index >= 15 is 0 Å². The molecular weight excluding hydrogens is 311 g/mol. The Labute approximate surface area is 139 Å². The quantitative estimate of drug-likeness (QED) is 0.884. The molecule has 6 heteroatoms. The number of hydrogen-bond donors (Lipinski definition) is 1. The van der Waals surface area contributed by atoms with Crippen molar-refractivity contribution in [2.45, 2.75) is 25.3 Å². The van der Waals surface area contributed by atoms with Crippen LogP contribution in [0.4, 0.5) is 4.39 Å². The van der Waals surface area contributed by atoms with Crippen molar-refractivity contribution < 1.29 is 18.4 Å². The molecule has 1 fully saturated rings. The Hall–Kier alpha value is -2.63. The SMILES string of the molecule is O=C(NC[C@@H](Cc1cccc(F)c1)N1CCCC1=O)c1ccco1. The van der Waals surface area contributed by atoms with Crippen LogP contribution in [0, 0.1) is 5.82 Å². The maximum Gasteiger partial charge on any atom is 0.287 e. The molecule has 1 aliphatic heterocycles. The fourth-order valence-corrected chi connectivity index (χ4v) is 2.99. The van der Waals surface area contributed by atoms with Gasteiger partial charge >= 0.3 is 0 Å². The molecule has 0 saturated carbocycles. The molecule has 0 spiro atoms. The van der Waals surface area contributed by atoms with Crippen LogP contribution in [0.1, 0.15) is 29.0 Å². The minimum Gasteiger partial charge on any atom is -0.459 e. The third-order valence-electron chi connectivity index (χ3n) is 4.15. The van der Waals surface area contributed by atoms with Gasteiger partial charge in [-0.25, -0.2) is 4.39 Å². The molecule has 1 aliphatic rings. The van der Waals surface area contributed by atoms with Gasteiger partial charge < -0.3 is 14.6 Å². The van der Waals surface area contributed by atoms with Crippen molar-refractivity contribution in [3.05, 3.63) is 59.8 Å². The number of benzene rings is 1. The Morgan fingerprint density at radius 1 is 1.33 bits per heavy atom. The maximum absolute atomic E-state index is 13.4. The molecule has 0 bridgehead atoms. The van der Waals surface area contributed by atoms with E-state index in [1.54, 1.807) is 23.1 Å². The van der Waals surface area contributed by atoms with Crippen LogP contribution in [-0.4, -0.2) is 35.8 Å². The summed E-state index contributed by atoms with van der Waals surface area (Å²) in [4.78, 5) is 25.9. The van der Waals surface area contributed by atoms with Crippen LogP contribution in [0.5, 0.6) is 0 Å². The summed E-state index contributed by atoms with van der Waals surface area (Å²) >= 11 is 0. The van der Waals surface area contributed by atoms with Crippen molar-refractivity contribution in [1.82, 2.24) is 10.2 Å². The summed E-state index contributed by atoms with van der Waals surface area (Å²) in [5, 5.41) is 2.80. The van der Waals surface area contributed by atoms with Crippen LogP contribution in [0.15, 0.2) is 47.1 Å². The predicted octanol–water partition coefficient (Wildman–Crippen LogP) is 2.38. The van der Waals surface area contributed by atoms with Gasteiger partial charge in [0.1, 0.15) is 5.82 Å². The van der Waals surface area contributed by atoms with Crippen molar-refractivity contribution in [2.24, 2.45) is 0 Å². The molecule has 0 aliphatic carbocycles. The molecule has 1 aromatic carbocycles. The van der Waals surface area contributed by atoms with Gasteiger partial charge in [-0.2, -0.15) is 0 Å². The Morgan fingerprint density at radius 3 is 2.88 bits per heavy atom. The first-order valence-corrected chi connectivity index (χ1v) is 7.99. The minimum atomic E-state index is -0.323. The number of nitrogens with zero attached hydrogens (tertiary/aromatic N) is 1. The molecule has 0 unspecified atom stereocenters. The smallest absolute Gasteiger partial charge is 0.287 e. The topological polar surface area (TPSA) is 62.6 Å². The number of halogens is 1. The largest absolute Gasteiger partial charge is 0.459 e. The van der Waals surface area contributed by atoms with Crippen LogP contribution in [0.3, 0.4) is 0 Å². The zero-order chi connectivity index (χ0) is 16.9. The number of carbonyl (C=O) groups is 2. The lowest BCUT2D eigenvalue weighted by Crippen LogP contribution is -2.45. The van der Waals surface area contributed by atoms with E-state index in [9.17, 15) is 14.0 Å². The van der Waals surface area contributed by atoms with Gasteiger partial charge in [-0.05, 0) is 42.7 Å². The van der Waals surface area contributed by atoms with Crippen LogP contribution in [0.2, 0.25) is 0 Å². The molecule has 3 rings (SSSR count). The molecule has 2 aromatic rings. The Balaban J connectivity index is 1.70. The van der Waals surface area contributed by atoms with Gasteiger partial charge in [-0.15, -0.1) is 0 Å². The van der Waals surface area contributed by atoms with Crippen molar-refractivity contribution in [3.63, 3.8) is 0 Å². The number of rotatable bonds is 6. The molecule has 2 amide bonds. The number of hydrogen-bond acceptors (Lipinski definition) is 3. The average molecular weight is 330 g/mol. The zero-order valence-corrected chi connectivity index (χ0v) is 13.2. The van der Waals surface area contributed by atoms with Gasteiger partial charge in [-0.1, -0.05) is 12.1 Å². The fourth-order valence-electron chi connectivity index (χ4n) is 2.99. The fraction of sp³-hybridized carbons (Fsp3) is 0.333. The molecule has 1 aromatic heterocycles. The minimum absolute atomic E-state index is 0.0728. The van der Waals surface area contributed by atoms with Crippen LogP contribution in [-0.2, 0) is 11.2 Å². The van der Waals surface area contributed by atoms with Gasteiger partial charge in [0.05, 0.1) is 12.3 Å². The first-order chi connectivity index (χ1) is 11.6. The lowest BCUT2D eigenvalue weighted by atomic mass is 10.0. The first-order valence-electron chi connectivity index (χ1n) is 7.99. The summed E-state index contributed by atoms with van der Waals surface area (Å²) in [5.41, 5.74) is 0.798. The van der Waals surface area contributed by atoms with Crippen molar-refractivity contribution in [3.8, 4) is 0 Å². The Morgan fingerprint density at radius 2 is 2.21 bits per heavy atom. The molecule has 24 heavy (non-hydrogen) atoms. The summed E-state index contributed by atoms with van der Waals surface area (Å²) in [5.74, 6) is -0.328. The highest BCUT2D eigenvalue weighted by molar-refractivity contribution is 5.91. The van der Waals surface area contributed by atoms with Gasteiger partial charge in [-0.3, -0.25) is 9.59 Å². The van der Waals surface area contributed by atoms with E-state index in [0.29, 0.717) is 25.9 Å². The predicted molar refractivity (Wildman–Crippen MR) is 85.9 cm³/mol. The number of nitrogens with one attached hydrogen (secondary N) is 1. The molecular formula is C18H19FN2O3. The van der Waals surface area contributed by atoms with E-state index in [4.69, 9.17) is 4.42 Å². The average Bonchev–Trinajstić information content (AvgIpc) is 3.23. The van der Waals surface area contributed by atoms with Gasteiger partial charge in [0.2, 0.25) is 5.91 Å². The highest BCUT2D eigenvalue weighted by atomic mass is 19.1. The van der Waals surface area contributed by atoms with Crippen LogP contribution < -0.4 is 5.32 Å². The van der Waals surface area contributed by atoms with Crippen LogP contribution >= 0.6 is 0 Å². The van der Waals surface area contributed by atoms with Gasteiger partial charge in [0, 0.05) is 19.5 Å². The van der Waals surface area contributed by atoms with Crippen molar-refractivity contribution in [1.29, 1.82) is 0 Å². The molecule has 5 nitrogen and oxygen atoms in total. The van der Waals surface area contributed by atoms with E-state index in [1.165, 1.54) is 18.4 Å². The monoisotopic (exact) mass is 330 g/mol. The first kappa shape index (κ1) is 16.2. The number of carbonyl (C=O) groups excluding carboxylic acids is 2. The second kappa shape index (κ2) is 7.29. The van der Waals surface area contributed by atoms with Gasteiger partial charge in [0.25, 0.3) is 5.91 Å². The molecule has 0 radical (unpaired) electrons. The number of likely N-dealkylation sites (tertiary alicyclic amines) is 1. The molecule has 1 atom stereocenters. The standard InChI is InChI=1S/C18H19FN2O3/c19-14-5-1-4-13(10-14)11-15(21-8-2-7-17(21)22)12-20-18(23)16-6-3-9-24-16/h1,3-6,9-10,15H,2,7-8,11-12H2,(H,20,23)/t15-/m1/s1. The molecule has 2 heterocycles.